The largest absolute Gasteiger partial charge is 0.464 e. The van der Waals surface area contributed by atoms with Crippen LogP contribution in [0.15, 0.2) is 29.2 Å². The summed E-state index contributed by atoms with van der Waals surface area (Å²) < 4.78 is 30.3. The van der Waals surface area contributed by atoms with Gasteiger partial charge in [0, 0.05) is 0 Å². The molecule has 1 heterocycles. The second kappa shape index (κ2) is 4.84. The van der Waals surface area contributed by atoms with Crippen LogP contribution in [0.25, 0.3) is 0 Å². The van der Waals surface area contributed by atoms with Crippen molar-refractivity contribution in [3.05, 3.63) is 29.8 Å². The SMILES string of the molecule is C[C@H]1C[C@H]1C(=O)OCCN1C(=O)c2ccccc2S1(=O)=O. The van der Waals surface area contributed by atoms with E-state index >= 15 is 0 Å². The third-order valence-corrected chi connectivity index (χ3v) is 5.70. The molecule has 0 radical (unpaired) electrons. The van der Waals surface area contributed by atoms with E-state index in [1.807, 2.05) is 6.92 Å². The maximum Gasteiger partial charge on any atom is 0.309 e. The molecule has 1 saturated carbocycles. The monoisotopic (exact) mass is 309 g/mol. The molecule has 112 valence electrons. The van der Waals surface area contributed by atoms with Gasteiger partial charge in [-0.05, 0) is 24.5 Å². The molecular formula is C14H15NO5S. The van der Waals surface area contributed by atoms with Gasteiger partial charge in [0.05, 0.1) is 18.0 Å². The van der Waals surface area contributed by atoms with Gasteiger partial charge >= 0.3 is 5.97 Å². The maximum atomic E-state index is 12.2. The molecule has 0 N–H and O–H groups in total. The van der Waals surface area contributed by atoms with Crippen molar-refractivity contribution in [2.24, 2.45) is 11.8 Å². The summed E-state index contributed by atoms with van der Waals surface area (Å²) in [6, 6.07) is 6.07. The lowest BCUT2D eigenvalue weighted by molar-refractivity contribution is -0.145. The number of ether oxygens (including phenoxy) is 1. The minimum absolute atomic E-state index is 0.0112. The number of amides is 1. The first-order valence-electron chi connectivity index (χ1n) is 6.75. The molecule has 2 aliphatic rings. The Bertz CT molecular complexity index is 712. The molecule has 21 heavy (non-hydrogen) atoms. The predicted octanol–water partition coefficient (Wildman–Crippen LogP) is 1.03. The molecule has 1 aromatic carbocycles. The first kappa shape index (κ1) is 14.1. The van der Waals surface area contributed by atoms with Crippen LogP contribution < -0.4 is 0 Å². The van der Waals surface area contributed by atoms with Crippen LogP contribution in [0, 0.1) is 11.8 Å². The van der Waals surface area contributed by atoms with Gasteiger partial charge in [0.1, 0.15) is 11.5 Å². The molecule has 2 atom stereocenters. The molecule has 1 aromatic rings. The molecule has 1 amide bonds. The molecule has 1 aliphatic heterocycles. The highest BCUT2D eigenvalue weighted by Gasteiger charge is 2.42. The van der Waals surface area contributed by atoms with E-state index < -0.39 is 15.9 Å². The van der Waals surface area contributed by atoms with Crippen molar-refractivity contribution < 1.29 is 22.7 Å². The van der Waals surface area contributed by atoms with Crippen molar-refractivity contribution in [3.8, 4) is 0 Å². The van der Waals surface area contributed by atoms with E-state index in [9.17, 15) is 18.0 Å². The molecule has 7 heteroatoms. The van der Waals surface area contributed by atoms with Crippen LogP contribution in [0.2, 0.25) is 0 Å². The van der Waals surface area contributed by atoms with E-state index in [1.54, 1.807) is 12.1 Å². The van der Waals surface area contributed by atoms with Crippen molar-refractivity contribution in [1.82, 2.24) is 4.31 Å². The van der Waals surface area contributed by atoms with Crippen LogP contribution >= 0.6 is 0 Å². The fraction of sp³-hybridized carbons (Fsp3) is 0.429. The second-order valence-electron chi connectivity index (χ2n) is 5.37. The van der Waals surface area contributed by atoms with Crippen LogP contribution in [0.1, 0.15) is 23.7 Å². The lowest BCUT2D eigenvalue weighted by Gasteiger charge is -2.14. The molecule has 6 nitrogen and oxygen atoms in total. The molecule has 3 rings (SSSR count). The number of esters is 1. The summed E-state index contributed by atoms with van der Waals surface area (Å²) >= 11 is 0. The average molecular weight is 309 g/mol. The quantitative estimate of drug-likeness (QED) is 0.776. The highest BCUT2D eigenvalue weighted by Crippen LogP contribution is 2.38. The summed E-state index contributed by atoms with van der Waals surface area (Å²) in [4.78, 5) is 23.7. The number of carbonyl (C=O) groups excluding carboxylic acids is 2. The molecule has 0 bridgehead atoms. The number of sulfonamides is 1. The number of hydrogen-bond donors (Lipinski definition) is 0. The molecule has 1 fully saturated rings. The fourth-order valence-electron chi connectivity index (χ4n) is 2.44. The first-order valence-corrected chi connectivity index (χ1v) is 8.19. The molecule has 0 saturated heterocycles. The van der Waals surface area contributed by atoms with Crippen LogP contribution in [-0.2, 0) is 19.6 Å². The van der Waals surface area contributed by atoms with Crippen molar-refractivity contribution in [2.45, 2.75) is 18.2 Å². The van der Waals surface area contributed by atoms with Crippen molar-refractivity contribution in [3.63, 3.8) is 0 Å². The van der Waals surface area contributed by atoms with Crippen LogP contribution in [0.5, 0.6) is 0 Å². The smallest absolute Gasteiger partial charge is 0.309 e. The summed E-state index contributed by atoms with van der Waals surface area (Å²) in [6.07, 6.45) is 0.811. The highest BCUT2D eigenvalue weighted by molar-refractivity contribution is 7.90. The Morgan fingerprint density at radius 3 is 2.67 bits per heavy atom. The Morgan fingerprint density at radius 2 is 2.05 bits per heavy atom. The fourth-order valence-corrected chi connectivity index (χ4v) is 3.99. The summed E-state index contributed by atoms with van der Waals surface area (Å²) in [5, 5.41) is 0. The van der Waals surface area contributed by atoms with Crippen LogP contribution in [0.3, 0.4) is 0 Å². The van der Waals surface area contributed by atoms with Crippen molar-refractivity contribution >= 4 is 21.9 Å². The normalized spacial score (nSPS) is 25.6. The zero-order valence-corrected chi connectivity index (χ0v) is 12.3. The third kappa shape index (κ3) is 2.31. The molecule has 0 spiro atoms. The van der Waals surface area contributed by atoms with Crippen molar-refractivity contribution in [1.29, 1.82) is 0 Å². The zero-order chi connectivity index (χ0) is 15.2. The van der Waals surface area contributed by atoms with Gasteiger partial charge in [-0.2, -0.15) is 0 Å². The number of hydrogen-bond acceptors (Lipinski definition) is 5. The highest BCUT2D eigenvalue weighted by atomic mass is 32.2. The molecule has 1 aliphatic carbocycles. The van der Waals surface area contributed by atoms with Gasteiger partial charge in [-0.3, -0.25) is 9.59 Å². The summed E-state index contributed by atoms with van der Waals surface area (Å²) in [7, 11) is -3.82. The number of fused-ring (bicyclic) bond motifs is 1. The second-order valence-corrected chi connectivity index (χ2v) is 7.20. The van der Waals surface area contributed by atoms with Crippen molar-refractivity contribution in [2.75, 3.05) is 13.2 Å². The average Bonchev–Trinajstić information content (AvgIpc) is 3.15. The van der Waals surface area contributed by atoms with Gasteiger partial charge in [-0.25, -0.2) is 12.7 Å². The van der Waals surface area contributed by atoms with E-state index in [-0.39, 0.29) is 35.5 Å². The first-order chi connectivity index (χ1) is 9.93. The standard InChI is InChI=1S/C14H15NO5S/c1-9-8-11(9)14(17)20-7-6-15-13(16)10-4-2-3-5-12(10)21(15,18)19/h2-5,9,11H,6-8H2,1H3/t9-,11+/m0/s1. The zero-order valence-electron chi connectivity index (χ0n) is 11.5. The Hall–Kier alpha value is -1.89. The lowest BCUT2D eigenvalue weighted by atomic mass is 10.2. The predicted molar refractivity (Wildman–Crippen MR) is 72.9 cm³/mol. The Morgan fingerprint density at radius 1 is 1.38 bits per heavy atom. The van der Waals surface area contributed by atoms with Gasteiger partial charge in [-0.15, -0.1) is 0 Å². The van der Waals surface area contributed by atoms with Gasteiger partial charge in [0.15, 0.2) is 0 Å². The van der Waals surface area contributed by atoms with Crippen LogP contribution in [-0.4, -0.2) is 37.8 Å². The number of benzene rings is 1. The van der Waals surface area contributed by atoms with E-state index in [0.717, 1.165) is 10.7 Å². The van der Waals surface area contributed by atoms with E-state index in [0.29, 0.717) is 5.92 Å². The summed E-state index contributed by atoms with van der Waals surface area (Å²) in [5.74, 6) is -0.627. The van der Waals surface area contributed by atoms with Gasteiger partial charge in [0.2, 0.25) is 0 Å². The number of carbonyl (C=O) groups is 2. The minimum Gasteiger partial charge on any atom is -0.464 e. The van der Waals surface area contributed by atoms with E-state index in [4.69, 9.17) is 4.74 Å². The molecule has 0 unspecified atom stereocenters. The maximum absolute atomic E-state index is 12.2. The lowest BCUT2D eigenvalue weighted by Crippen LogP contribution is -2.33. The summed E-state index contributed by atoms with van der Waals surface area (Å²) in [6.45, 7) is 1.70. The van der Waals surface area contributed by atoms with E-state index in [2.05, 4.69) is 0 Å². The Kier molecular flexibility index (Phi) is 3.24. The van der Waals surface area contributed by atoms with Gasteiger partial charge in [0.25, 0.3) is 15.9 Å². The third-order valence-electron chi connectivity index (χ3n) is 3.86. The van der Waals surface area contributed by atoms with Crippen LogP contribution in [0.4, 0.5) is 0 Å². The molecular weight excluding hydrogens is 294 g/mol. The van der Waals surface area contributed by atoms with E-state index in [1.165, 1.54) is 12.1 Å². The topological polar surface area (TPSA) is 80.8 Å². The molecule has 0 aromatic heterocycles. The Balaban J connectivity index is 1.67. The number of rotatable bonds is 4. The van der Waals surface area contributed by atoms with Gasteiger partial charge < -0.3 is 4.74 Å². The van der Waals surface area contributed by atoms with Gasteiger partial charge in [-0.1, -0.05) is 19.1 Å². The summed E-state index contributed by atoms with van der Waals surface area (Å²) in [5.41, 5.74) is 0.166. The number of nitrogens with zero attached hydrogens (tertiary/aromatic N) is 1. The minimum atomic E-state index is -3.82. The Labute approximate surface area is 122 Å².